The lowest BCUT2D eigenvalue weighted by molar-refractivity contribution is 0.318. The molecule has 0 radical (unpaired) electrons. The van der Waals surface area contributed by atoms with E-state index in [4.69, 9.17) is 4.52 Å². The Kier molecular flexibility index (Phi) is 4.13. The van der Waals surface area contributed by atoms with Gasteiger partial charge in [0.25, 0.3) is 0 Å². The van der Waals surface area contributed by atoms with Gasteiger partial charge in [0.05, 0.1) is 6.04 Å². The number of nitrogens with one attached hydrogen (secondary N) is 1. The van der Waals surface area contributed by atoms with E-state index in [1.807, 2.05) is 0 Å². The molecule has 0 aromatic carbocycles. The van der Waals surface area contributed by atoms with Crippen molar-refractivity contribution in [2.24, 2.45) is 5.92 Å². The van der Waals surface area contributed by atoms with Crippen molar-refractivity contribution in [2.45, 2.75) is 45.1 Å². The molecule has 5 heteroatoms. The van der Waals surface area contributed by atoms with E-state index in [0.717, 1.165) is 37.6 Å². The number of hydrogen-bond acceptors (Lipinski definition) is 5. The van der Waals surface area contributed by atoms with E-state index in [9.17, 15) is 0 Å². The maximum atomic E-state index is 5.43. The first-order valence-electron chi connectivity index (χ1n) is 7.63. The molecule has 3 heterocycles. The quantitative estimate of drug-likeness (QED) is 0.898. The van der Waals surface area contributed by atoms with Crippen molar-refractivity contribution in [3.8, 4) is 0 Å². The van der Waals surface area contributed by atoms with Crippen molar-refractivity contribution in [3.05, 3.63) is 11.7 Å². The van der Waals surface area contributed by atoms with Gasteiger partial charge in [0, 0.05) is 13.0 Å². The molecule has 2 aliphatic rings. The topological polar surface area (TPSA) is 54.2 Å². The Morgan fingerprint density at radius 2 is 2.32 bits per heavy atom. The van der Waals surface area contributed by atoms with Gasteiger partial charge >= 0.3 is 0 Å². The lowest BCUT2D eigenvalue weighted by atomic mass is 10.0. The van der Waals surface area contributed by atoms with E-state index >= 15 is 0 Å². The molecule has 1 aromatic rings. The molecule has 1 N–H and O–H groups in total. The van der Waals surface area contributed by atoms with Gasteiger partial charge in [0.2, 0.25) is 5.89 Å². The standard InChI is InChI=1S/C14H24N4O/c1-2-18-8-6-11(10-18)9-13-16-14(17-19-13)12-5-3-4-7-15-12/h11-12,15H,2-10H2,1H3. The first-order chi connectivity index (χ1) is 9.35. The van der Waals surface area contributed by atoms with Crippen LogP contribution in [0.3, 0.4) is 0 Å². The van der Waals surface area contributed by atoms with Gasteiger partial charge in [-0.2, -0.15) is 4.98 Å². The largest absolute Gasteiger partial charge is 0.339 e. The summed E-state index contributed by atoms with van der Waals surface area (Å²) in [6, 6.07) is 0.307. The van der Waals surface area contributed by atoms with Crippen molar-refractivity contribution in [2.75, 3.05) is 26.2 Å². The predicted molar refractivity (Wildman–Crippen MR) is 72.8 cm³/mol. The van der Waals surface area contributed by atoms with Crippen LogP contribution in [0.25, 0.3) is 0 Å². The fourth-order valence-electron chi connectivity index (χ4n) is 3.18. The number of rotatable bonds is 4. The number of likely N-dealkylation sites (tertiary alicyclic amines) is 1. The van der Waals surface area contributed by atoms with Crippen molar-refractivity contribution in [3.63, 3.8) is 0 Å². The molecule has 5 nitrogen and oxygen atoms in total. The number of aromatic nitrogens is 2. The molecule has 2 fully saturated rings. The van der Waals surface area contributed by atoms with Crippen LogP contribution in [0.4, 0.5) is 0 Å². The smallest absolute Gasteiger partial charge is 0.227 e. The molecular weight excluding hydrogens is 240 g/mol. The number of piperidine rings is 1. The average molecular weight is 264 g/mol. The van der Waals surface area contributed by atoms with Crippen molar-refractivity contribution >= 4 is 0 Å². The Morgan fingerprint density at radius 3 is 3.05 bits per heavy atom. The van der Waals surface area contributed by atoms with Gasteiger partial charge in [-0.25, -0.2) is 0 Å². The molecule has 19 heavy (non-hydrogen) atoms. The van der Waals surface area contributed by atoms with Crippen LogP contribution in [0.5, 0.6) is 0 Å². The summed E-state index contributed by atoms with van der Waals surface area (Å²) in [5.74, 6) is 2.37. The summed E-state index contributed by atoms with van der Waals surface area (Å²) in [5, 5.41) is 7.62. The Balaban J connectivity index is 1.56. The molecule has 0 saturated carbocycles. The summed E-state index contributed by atoms with van der Waals surface area (Å²) in [7, 11) is 0. The third-order valence-corrected chi connectivity index (χ3v) is 4.39. The molecule has 0 amide bonds. The van der Waals surface area contributed by atoms with E-state index in [1.54, 1.807) is 0 Å². The van der Waals surface area contributed by atoms with E-state index in [1.165, 1.54) is 32.4 Å². The highest BCUT2D eigenvalue weighted by Crippen LogP contribution is 2.23. The molecule has 2 saturated heterocycles. The average Bonchev–Trinajstić information content (AvgIpc) is 3.09. The second-order valence-corrected chi connectivity index (χ2v) is 5.80. The Hall–Kier alpha value is -0.940. The highest BCUT2D eigenvalue weighted by Gasteiger charge is 2.25. The minimum absolute atomic E-state index is 0.307. The summed E-state index contributed by atoms with van der Waals surface area (Å²) in [6.07, 6.45) is 5.85. The second kappa shape index (κ2) is 6.01. The molecular formula is C14H24N4O. The highest BCUT2D eigenvalue weighted by atomic mass is 16.5. The van der Waals surface area contributed by atoms with Gasteiger partial charge < -0.3 is 14.7 Å². The van der Waals surface area contributed by atoms with Crippen LogP contribution in [-0.4, -0.2) is 41.2 Å². The molecule has 2 aliphatic heterocycles. The first kappa shape index (κ1) is 13.1. The van der Waals surface area contributed by atoms with Crippen LogP contribution >= 0.6 is 0 Å². The molecule has 1 aromatic heterocycles. The minimum Gasteiger partial charge on any atom is -0.339 e. The van der Waals surface area contributed by atoms with Gasteiger partial charge in [-0.15, -0.1) is 0 Å². The van der Waals surface area contributed by atoms with Crippen LogP contribution in [0, 0.1) is 5.92 Å². The van der Waals surface area contributed by atoms with Crippen molar-refractivity contribution < 1.29 is 4.52 Å². The van der Waals surface area contributed by atoms with Crippen LogP contribution < -0.4 is 5.32 Å². The van der Waals surface area contributed by atoms with E-state index in [2.05, 4.69) is 27.3 Å². The number of nitrogens with zero attached hydrogens (tertiary/aromatic N) is 3. The summed E-state index contributed by atoms with van der Waals surface area (Å²) < 4.78 is 5.43. The third kappa shape index (κ3) is 3.15. The van der Waals surface area contributed by atoms with Crippen LogP contribution in [-0.2, 0) is 6.42 Å². The summed E-state index contributed by atoms with van der Waals surface area (Å²) in [4.78, 5) is 7.08. The Bertz CT molecular complexity index is 400. The molecule has 106 valence electrons. The third-order valence-electron chi connectivity index (χ3n) is 4.39. The fourth-order valence-corrected chi connectivity index (χ4v) is 3.18. The molecule has 2 unspecified atom stereocenters. The van der Waals surface area contributed by atoms with E-state index < -0.39 is 0 Å². The SMILES string of the molecule is CCN1CCC(Cc2nc(C3CCCCN3)no2)C1. The van der Waals surface area contributed by atoms with E-state index in [0.29, 0.717) is 12.0 Å². The first-order valence-corrected chi connectivity index (χ1v) is 7.63. The van der Waals surface area contributed by atoms with Crippen LogP contribution in [0.2, 0.25) is 0 Å². The minimum atomic E-state index is 0.307. The Labute approximate surface area is 114 Å². The normalized spacial score (nSPS) is 28.9. The van der Waals surface area contributed by atoms with Gasteiger partial charge in [-0.3, -0.25) is 0 Å². The van der Waals surface area contributed by atoms with Gasteiger partial charge in [0.15, 0.2) is 5.82 Å². The highest BCUT2D eigenvalue weighted by molar-refractivity contribution is 4.97. The lowest BCUT2D eigenvalue weighted by Crippen LogP contribution is -2.27. The zero-order chi connectivity index (χ0) is 13.1. The molecule has 0 spiro atoms. The molecule has 0 bridgehead atoms. The maximum Gasteiger partial charge on any atom is 0.227 e. The van der Waals surface area contributed by atoms with Crippen molar-refractivity contribution in [1.29, 1.82) is 0 Å². The van der Waals surface area contributed by atoms with Gasteiger partial charge in [0.1, 0.15) is 0 Å². The van der Waals surface area contributed by atoms with Crippen molar-refractivity contribution in [1.82, 2.24) is 20.4 Å². The zero-order valence-corrected chi connectivity index (χ0v) is 11.8. The summed E-state index contributed by atoms with van der Waals surface area (Å²) in [5.41, 5.74) is 0. The van der Waals surface area contributed by atoms with Gasteiger partial charge in [-0.05, 0) is 44.8 Å². The van der Waals surface area contributed by atoms with Crippen LogP contribution in [0.1, 0.15) is 50.4 Å². The molecule has 0 aliphatic carbocycles. The van der Waals surface area contributed by atoms with Crippen LogP contribution in [0.15, 0.2) is 4.52 Å². The fraction of sp³-hybridized carbons (Fsp3) is 0.857. The summed E-state index contributed by atoms with van der Waals surface area (Å²) >= 11 is 0. The number of hydrogen-bond donors (Lipinski definition) is 1. The van der Waals surface area contributed by atoms with Gasteiger partial charge in [-0.1, -0.05) is 18.5 Å². The zero-order valence-electron chi connectivity index (χ0n) is 11.8. The predicted octanol–water partition coefficient (Wildman–Crippen LogP) is 1.77. The second-order valence-electron chi connectivity index (χ2n) is 5.80. The lowest BCUT2D eigenvalue weighted by Gasteiger charge is -2.19. The monoisotopic (exact) mass is 264 g/mol. The molecule has 3 rings (SSSR count). The summed E-state index contributed by atoms with van der Waals surface area (Å²) in [6.45, 7) is 6.84. The Morgan fingerprint density at radius 1 is 1.37 bits per heavy atom. The maximum absolute atomic E-state index is 5.43. The van der Waals surface area contributed by atoms with E-state index in [-0.39, 0.29) is 0 Å². The molecule has 2 atom stereocenters.